The van der Waals surface area contributed by atoms with Gasteiger partial charge in [-0.05, 0) is 60.8 Å². The number of halogens is 1. The van der Waals surface area contributed by atoms with Crippen molar-refractivity contribution in [1.29, 1.82) is 0 Å². The van der Waals surface area contributed by atoms with Gasteiger partial charge in [0.15, 0.2) is 0 Å². The molecular formula is C30H37ClN4O2S. The lowest BCUT2D eigenvalue weighted by Crippen LogP contribution is -2.37. The van der Waals surface area contributed by atoms with Gasteiger partial charge in [-0.15, -0.1) is 11.3 Å². The zero-order chi connectivity index (χ0) is 27.1. The molecule has 0 spiro atoms. The van der Waals surface area contributed by atoms with Crippen molar-refractivity contribution in [3.63, 3.8) is 0 Å². The summed E-state index contributed by atoms with van der Waals surface area (Å²) in [5.41, 5.74) is 2.56. The van der Waals surface area contributed by atoms with Gasteiger partial charge in [-0.25, -0.2) is 4.98 Å². The summed E-state index contributed by atoms with van der Waals surface area (Å²) in [5, 5.41) is 3.26. The van der Waals surface area contributed by atoms with E-state index in [-0.39, 0.29) is 22.6 Å². The number of hydrogen-bond donors (Lipinski definition) is 0. The minimum atomic E-state index is -0.0694. The van der Waals surface area contributed by atoms with E-state index in [1.165, 1.54) is 11.3 Å². The number of fused-ring (bicyclic) bond motifs is 2. The summed E-state index contributed by atoms with van der Waals surface area (Å²) in [6, 6.07) is 11.5. The Hall–Kier alpha value is -2.64. The van der Waals surface area contributed by atoms with Crippen LogP contribution in [0.25, 0.3) is 0 Å². The molecule has 3 aromatic rings. The second kappa shape index (κ2) is 10.5. The topological polar surface area (TPSA) is 58.4 Å². The number of benzene rings is 1. The van der Waals surface area contributed by atoms with Crippen LogP contribution in [-0.4, -0.2) is 50.3 Å². The monoisotopic (exact) mass is 552 g/mol. The SMILES string of the molecule is CCCN(Cc1cccn1Cc1nc(C(=O)N2CC3(C)CC2CC(C)(C)C3)cs1)C(=O)c1ccccc1Cl. The molecule has 2 bridgehead atoms. The fourth-order valence-electron chi connectivity index (χ4n) is 6.74. The number of rotatable bonds is 8. The molecule has 0 N–H and O–H groups in total. The number of likely N-dealkylation sites (tertiary alicyclic amines) is 1. The lowest BCUT2D eigenvalue weighted by atomic mass is 9.65. The Morgan fingerprint density at radius 2 is 1.95 bits per heavy atom. The van der Waals surface area contributed by atoms with Crippen LogP contribution in [0.4, 0.5) is 0 Å². The van der Waals surface area contributed by atoms with Crippen LogP contribution in [0, 0.1) is 10.8 Å². The number of aromatic nitrogens is 2. The van der Waals surface area contributed by atoms with E-state index in [1.807, 2.05) is 40.7 Å². The first kappa shape index (κ1) is 26.9. The van der Waals surface area contributed by atoms with Gasteiger partial charge in [-0.2, -0.15) is 0 Å². The molecule has 6 nitrogen and oxygen atoms in total. The average Bonchev–Trinajstić information content (AvgIpc) is 3.56. The number of hydrogen-bond acceptors (Lipinski definition) is 4. The predicted molar refractivity (Wildman–Crippen MR) is 153 cm³/mol. The fourth-order valence-corrected chi connectivity index (χ4v) is 7.72. The molecule has 2 aliphatic rings. The zero-order valence-electron chi connectivity index (χ0n) is 22.7. The molecule has 2 atom stereocenters. The van der Waals surface area contributed by atoms with Gasteiger partial charge in [0.1, 0.15) is 10.7 Å². The van der Waals surface area contributed by atoms with Gasteiger partial charge >= 0.3 is 0 Å². The summed E-state index contributed by atoms with van der Waals surface area (Å²) in [4.78, 5) is 35.5. The molecule has 2 amide bonds. The highest BCUT2D eigenvalue weighted by Gasteiger charge is 2.51. The van der Waals surface area contributed by atoms with E-state index in [0.29, 0.717) is 42.0 Å². The normalized spacial score (nSPS) is 22.0. The molecule has 1 aliphatic heterocycles. The molecule has 3 heterocycles. The summed E-state index contributed by atoms with van der Waals surface area (Å²) in [6.07, 6.45) is 6.16. The molecular weight excluding hydrogens is 516 g/mol. The van der Waals surface area contributed by atoms with Crippen LogP contribution in [0.15, 0.2) is 48.0 Å². The van der Waals surface area contributed by atoms with Crippen LogP contribution >= 0.6 is 22.9 Å². The third-order valence-corrected chi connectivity index (χ3v) is 9.08. The zero-order valence-corrected chi connectivity index (χ0v) is 24.3. The summed E-state index contributed by atoms with van der Waals surface area (Å²) in [5.74, 6) is -0.00820. The Morgan fingerprint density at radius 3 is 2.71 bits per heavy atom. The Bertz CT molecular complexity index is 1330. The molecule has 1 aromatic carbocycles. The van der Waals surface area contributed by atoms with Crippen LogP contribution < -0.4 is 0 Å². The van der Waals surface area contributed by atoms with Gasteiger partial charge in [-0.3, -0.25) is 9.59 Å². The minimum absolute atomic E-state index is 0.0612. The molecule has 5 rings (SSSR count). The fraction of sp³-hybridized carbons (Fsp3) is 0.500. The number of amides is 2. The van der Waals surface area contributed by atoms with Gasteiger partial charge < -0.3 is 14.4 Å². The molecule has 2 fully saturated rings. The Kier molecular flexibility index (Phi) is 7.44. The van der Waals surface area contributed by atoms with Gasteiger partial charge in [0, 0.05) is 36.4 Å². The standard InChI is InChI=1S/C30H37ClN4O2S/c1-5-12-34(27(36)23-10-6-7-11-24(23)31)16-21-9-8-13-33(21)17-26-32-25(18-38-26)28(37)35-20-30(4)15-22(35)14-29(2,3)19-30/h6-11,13,18,22H,5,12,14-17,19-20H2,1-4H3. The Morgan fingerprint density at radius 1 is 1.16 bits per heavy atom. The van der Waals surface area contributed by atoms with Gasteiger partial charge in [0.2, 0.25) is 0 Å². The van der Waals surface area contributed by atoms with Crippen molar-refractivity contribution in [2.75, 3.05) is 13.1 Å². The Balaban J connectivity index is 1.28. The Labute approximate surface area is 234 Å². The molecule has 2 unspecified atom stereocenters. The van der Waals surface area contributed by atoms with Gasteiger partial charge in [-0.1, -0.05) is 51.4 Å². The first-order valence-electron chi connectivity index (χ1n) is 13.5. The summed E-state index contributed by atoms with van der Waals surface area (Å²) in [7, 11) is 0. The highest BCUT2D eigenvalue weighted by Crippen LogP contribution is 2.52. The molecule has 38 heavy (non-hydrogen) atoms. The van der Waals surface area contributed by atoms with E-state index in [2.05, 4.69) is 37.2 Å². The van der Waals surface area contributed by atoms with E-state index < -0.39 is 0 Å². The smallest absolute Gasteiger partial charge is 0.273 e. The van der Waals surface area contributed by atoms with Crippen molar-refractivity contribution in [3.8, 4) is 0 Å². The predicted octanol–water partition coefficient (Wildman–Crippen LogP) is 6.74. The van der Waals surface area contributed by atoms with Crippen molar-refractivity contribution >= 4 is 34.8 Å². The highest BCUT2D eigenvalue weighted by molar-refractivity contribution is 7.09. The maximum atomic E-state index is 13.5. The first-order chi connectivity index (χ1) is 18.1. The lowest BCUT2D eigenvalue weighted by molar-refractivity contribution is 0.0701. The summed E-state index contributed by atoms with van der Waals surface area (Å²) >= 11 is 7.84. The van der Waals surface area contributed by atoms with Gasteiger partial charge in [0.25, 0.3) is 11.8 Å². The van der Waals surface area contributed by atoms with E-state index in [4.69, 9.17) is 16.6 Å². The third kappa shape index (κ3) is 5.55. The molecule has 1 saturated heterocycles. The second-order valence-corrected chi connectivity index (χ2v) is 13.5. The van der Waals surface area contributed by atoms with Crippen LogP contribution in [0.3, 0.4) is 0 Å². The highest BCUT2D eigenvalue weighted by atomic mass is 35.5. The molecule has 1 aliphatic carbocycles. The maximum absolute atomic E-state index is 13.5. The van der Waals surface area contributed by atoms with Crippen molar-refractivity contribution in [3.05, 3.63) is 75.0 Å². The number of carbonyl (C=O) groups excluding carboxylic acids is 2. The van der Waals surface area contributed by atoms with E-state index in [0.717, 1.165) is 42.9 Å². The quantitative estimate of drug-likeness (QED) is 0.311. The average molecular weight is 553 g/mol. The molecule has 1 saturated carbocycles. The van der Waals surface area contributed by atoms with Crippen molar-refractivity contribution in [2.24, 2.45) is 10.8 Å². The van der Waals surface area contributed by atoms with E-state index >= 15 is 0 Å². The van der Waals surface area contributed by atoms with Crippen molar-refractivity contribution < 1.29 is 9.59 Å². The van der Waals surface area contributed by atoms with E-state index in [9.17, 15) is 9.59 Å². The maximum Gasteiger partial charge on any atom is 0.273 e. The van der Waals surface area contributed by atoms with Crippen LogP contribution in [0.2, 0.25) is 5.02 Å². The molecule has 202 valence electrons. The number of thiazole rings is 1. The van der Waals surface area contributed by atoms with Crippen LogP contribution in [0.1, 0.15) is 84.9 Å². The minimum Gasteiger partial charge on any atom is -0.343 e. The summed E-state index contributed by atoms with van der Waals surface area (Å²) in [6.45, 7) is 11.5. The summed E-state index contributed by atoms with van der Waals surface area (Å²) < 4.78 is 2.11. The van der Waals surface area contributed by atoms with Crippen LogP contribution in [-0.2, 0) is 13.1 Å². The second-order valence-electron chi connectivity index (χ2n) is 12.1. The number of carbonyl (C=O) groups is 2. The molecule has 8 heteroatoms. The van der Waals surface area contributed by atoms with Crippen LogP contribution in [0.5, 0.6) is 0 Å². The van der Waals surface area contributed by atoms with E-state index in [1.54, 1.807) is 12.1 Å². The van der Waals surface area contributed by atoms with Crippen molar-refractivity contribution in [1.82, 2.24) is 19.4 Å². The lowest BCUT2D eigenvalue weighted by Gasteiger charge is -2.39. The number of nitrogens with zero attached hydrogens (tertiary/aromatic N) is 4. The third-order valence-electron chi connectivity index (χ3n) is 7.91. The molecule has 2 aromatic heterocycles. The van der Waals surface area contributed by atoms with Crippen molar-refractivity contribution in [2.45, 2.75) is 72.5 Å². The largest absolute Gasteiger partial charge is 0.343 e. The first-order valence-corrected chi connectivity index (χ1v) is 14.8. The molecule has 0 radical (unpaired) electrons. The van der Waals surface area contributed by atoms with Gasteiger partial charge in [0.05, 0.1) is 23.7 Å².